The fourth-order valence-corrected chi connectivity index (χ4v) is 5.37. The maximum absolute atomic E-state index is 12.8. The number of piperidine rings is 1. The maximum Gasteiger partial charge on any atom is 0.251 e. The Bertz CT molecular complexity index is 1240. The van der Waals surface area contributed by atoms with Gasteiger partial charge >= 0.3 is 0 Å². The zero-order valence-electron chi connectivity index (χ0n) is 21.6. The minimum absolute atomic E-state index is 0.0739. The molecule has 1 saturated heterocycles. The Morgan fingerprint density at radius 1 is 1.25 bits per heavy atom. The fraction of sp³-hybridized carbons (Fsp3) is 0.536. The first-order valence-electron chi connectivity index (χ1n) is 13.4. The number of aromatic hydroxyl groups is 1. The number of nitrogens with zero attached hydrogens (tertiary/aromatic N) is 4. The standard InChI is InChI=1S/C28H38N6O2/c1-4-24(31-21-16-30-34(17-21)22-10-12-33(13-11-22)18(2)3)26-23-14-20(8-9-25(23)32-28(26)36)27(35)29-15-19-6-5-7-19/h8-9,14,16-19,22,32,36H,4-7,10-13,15H2,1-3H3,(H,29,35). The molecule has 0 bridgehead atoms. The lowest BCUT2D eigenvalue weighted by Gasteiger charge is -2.34. The van der Waals surface area contributed by atoms with Gasteiger partial charge in [0, 0.05) is 42.1 Å². The van der Waals surface area contributed by atoms with Gasteiger partial charge in [0.1, 0.15) is 5.69 Å². The third kappa shape index (κ3) is 5.05. The number of hydrogen-bond acceptors (Lipinski definition) is 5. The molecule has 2 fully saturated rings. The molecule has 5 rings (SSSR count). The third-order valence-electron chi connectivity index (χ3n) is 7.90. The van der Waals surface area contributed by atoms with Gasteiger partial charge in [-0.3, -0.25) is 9.48 Å². The number of aliphatic imine (C=N–C) groups is 1. The summed E-state index contributed by atoms with van der Waals surface area (Å²) in [7, 11) is 0. The third-order valence-corrected chi connectivity index (χ3v) is 7.90. The van der Waals surface area contributed by atoms with Crippen molar-refractivity contribution in [3.63, 3.8) is 0 Å². The van der Waals surface area contributed by atoms with Gasteiger partial charge in [0.25, 0.3) is 5.91 Å². The summed E-state index contributed by atoms with van der Waals surface area (Å²) < 4.78 is 2.05. The highest BCUT2D eigenvalue weighted by molar-refractivity contribution is 6.14. The number of nitrogens with one attached hydrogen (secondary N) is 2. The highest BCUT2D eigenvalue weighted by atomic mass is 16.3. The zero-order chi connectivity index (χ0) is 25.2. The molecule has 1 aliphatic heterocycles. The van der Waals surface area contributed by atoms with Crippen LogP contribution < -0.4 is 5.32 Å². The Morgan fingerprint density at radius 2 is 2.03 bits per heavy atom. The van der Waals surface area contributed by atoms with Gasteiger partial charge in [-0.15, -0.1) is 0 Å². The van der Waals surface area contributed by atoms with Gasteiger partial charge in [-0.25, -0.2) is 4.99 Å². The molecule has 1 saturated carbocycles. The molecule has 0 unspecified atom stereocenters. The Labute approximate surface area is 212 Å². The second-order valence-electron chi connectivity index (χ2n) is 10.6. The molecule has 0 atom stereocenters. The van der Waals surface area contributed by atoms with Crippen molar-refractivity contribution in [3.05, 3.63) is 41.7 Å². The van der Waals surface area contributed by atoms with E-state index in [0.717, 1.165) is 54.8 Å². The lowest BCUT2D eigenvalue weighted by atomic mass is 9.85. The normalized spacial score (nSPS) is 18.2. The van der Waals surface area contributed by atoms with Crippen LogP contribution in [0.15, 0.2) is 35.6 Å². The Kier molecular flexibility index (Phi) is 7.14. The van der Waals surface area contributed by atoms with Crippen LogP contribution in [0, 0.1) is 5.92 Å². The molecule has 1 amide bonds. The zero-order valence-corrected chi connectivity index (χ0v) is 21.6. The van der Waals surface area contributed by atoms with Crippen LogP contribution in [0.1, 0.15) is 81.3 Å². The summed E-state index contributed by atoms with van der Waals surface area (Å²) in [5.41, 5.74) is 3.57. The lowest BCUT2D eigenvalue weighted by Crippen LogP contribution is -2.39. The lowest BCUT2D eigenvalue weighted by molar-refractivity contribution is 0.0939. The average Bonchev–Trinajstić information content (AvgIpc) is 3.44. The van der Waals surface area contributed by atoms with Crippen LogP contribution in [-0.4, -0.2) is 62.1 Å². The number of likely N-dealkylation sites (tertiary alicyclic amines) is 1. The molecule has 8 heteroatoms. The number of benzene rings is 1. The van der Waals surface area contributed by atoms with E-state index in [0.29, 0.717) is 35.5 Å². The summed E-state index contributed by atoms with van der Waals surface area (Å²) in [6, 6.07) is 6.47. The minimum atomic E-state index is -0.0739. The summed E-state index contributed by atoms with van der Waals surface area (Å²) in [6.07, 6.45) is 10.3. The molecule has 1 aromatic carbocycles. The first kappa shape index (κ1) is 24.6. The van der Waals surface area contributed by atoms with E-state index in [4.69, 9.17) is 4.99 Å². The summed E-state index contributed by atoms with van der Waals surface area (Å²) in [5.74, 6) is 0.605. The molecule has 192 valence electrons. The summed E-state index contributed by atoms with van der Waals surface area (Å²) in [5, 5.41) is 19.3. The van der Waals surface area contributed by atoms with Crippen molar-refractivity contribution in [2.75, 3.05) is 19.6 Å². The monoisotopic (exact) mass is 490 g/mol. The van der Waals surface area contributed by atoms with Crippen molar-refractivity contribution < 1.29 is 9.90 Å². The van der Waals surface area contributed by atoms with Gasteiger partial charge in [-0.05, 0) is 70.1 Å². The van der Waals surface area contributed by atoms with Gasteiger partial charge in [0.05, 0.1) is 29.7 Å². The van der Waals surface area contributed by atoms with E-state index in [9.17, 15) is 9.90 Å². The van der Waals surface area contributed by atoms with Crippen LogP contribution in [0.25, 0.3) is 10.9 Å². The number of carbonyl (C=O) groups excluding carboxylic acids is 1. The van der Waals surface area contributed by atoms with Crippen molar-refractivity contribution in [2.24, 2.45) is 10.9 Å². The van der Waals surface area contributed by atoms with Crippen molar-refractivity contribution >= 4 is 28.2 Å². The van der Waals surface area contributed by atoms with Gasteiger partial charge in [-0.2, -0.15) is 5.10 Å². The maximum atomic E-state index is 12.8. The second kappa shape index (κ2) is 10.5. The smallest absolute Gasteiger partial charge is 0.251 e. The average molecular weight is 491 g/mol. The van der Waals surface area contributed by atoms with Crippen LogP contribution >= 0.6 is 0 Å². The van der Waals surface area contributed by atoms with Crippen molar-refractivity contribution in [3.8, 4) is 5.88 Å². The topological polar surface area (TPSA) is 98.5 Å². The molecule has 2 aliphatic rings. The Hall–Kier alpha value is -3.13. The number of fused-ring (bicyclic) bond motifs is 1. The minimum Gasteiger partial charge on any atom is -0.494 e. The second-order valence-corrected chi connectivity index (χ2v) is 10.6. The van der Waals surface area contributed by atoms with Crippen LogP contribution in [0.5, 0.6) is 5.88 Å². The van der Waals surface area contributed by atoms with Crippen LogP contribution in [-0.2, 0) is 0 Å². The molecule has 3 heterocycles. The van der Waals surface area contributed by atoms with Crippen LogP contribution in [0.3, 0.4) is 0 Å². The van der Waals surface area contributed by atoms with Crippen molar-refractivity contribution in [2.45, 2.75) is 71.4 Å². The molecule has 0 radical (unpaired) electrons. The fourth-order valence-electron chi connectivity index (χ4n) is 5.37. The number of rotatable bonds is 8. The summed E-state index contributed by atoms with van der Waals surface area (Å²) >= 11 is 0. The van der Waals surface area contributed by atoms with Gasteiger partial charge < -0.3 is 20.3 Å². The van der Waals surface area contributed by atoms with E-state index in [1.54, 1.807) is 12.3 Å². The van der Waals surface area contributed by atoms with Gasteiger partial charge in [-0.1, -0.05) is 13.3 Å². The Morgan fingerprint density at radius 3 is 2.69 bits per heavy atom. The van der Waals surface area contributed by atoms with Crippen molar-refractivity contribution in [1.82, 2.24) is 25.0 Å². The predicted molar refractivity (Wildman–Crippen MR) is 143 cm³/mol. The quantitative estimate of drug-likeness (QED) is 0.379. The molecular weight excluding hydrogens is 452 g/mol. The number of amides is 1. The number of aromatic amines is 1. The first-order valence-corrected chi connectivity index (χ1v) is 13.4. The van der Waals surface area contributed by atoms with Gasteiger partial charge in [0.2, 0.25) is 0 Å². The molecular formula is C28H38N6O2. The molecule has 2 aromatic heterocycles. The van der Waals surface area contributed by atoms with E-state index in [2.05, 4.69) is 34.1 Å². The number of H-pyrrole nitrogens is 1. The molecule has 1 aliphatic carbocycles. The summed E-state index contributed by atoms with van der Waals surface area (Å²) in [4.78, 5) is 23.2. The molecule has 3 N–H and O–H groups in total. The van der Waals surface area contributed by atoms with E-state index in [1.807, 2.05) is 29.9 Å². The van der Waals surface area contributed by atoms with Crippen LogP contribution in [0.4, 0.5) is 5.69 Å². The molecule has 0 spiro atoms. The van der Waals surface area contributed by atoms with E-state index < -0.39 is 0 Å². The van der Waals surface area contributed by atoms with Crippen molar-refractivity contribution in [1.29, 1.82) is 0 Å². The van der Waals surface area contributed by atoms with Gasteiger partial charge in [0.15, 0.2) is 5.88 Å². The highest BCUT2D eigenvalue weighted by Gasteiger charge is 2.23. The SMILES string of the molecule is CCC(=Nc1cnn(C2CCN(C(C)C)CC2)c1)c1c(O)[nH]c2ccc(C(=O)NCC3CCC3)cc12. The first-order chi connectivity index (χ1) is 17.4. The predicted octanol–water partition coefficient (Wildman–Crippen LogP) is 5.18. The largest absolute Gasteiger partial charge is 0.494 e. The van der Waals surface area contributed by atoms with E-state index in [-0.39, 0.29) is 11.8 Å². The Balaban J connectivity index is 1.37. The number of aromatic nitrogens is 3. The van der Waals surface area contributed by atoms with E-state index >= 15 is 0 Å². The number of carbonyl (C=O) groups is 1. The molecule has 36 heavy (non-hydrogen) atoms. The molecule has 3 aromatic rings. The highest BCUT2D eigenvalue weighted by Crippen LogP contribution is 2.32. The summed E-state index contributed by atoms with van der Waals surface area (Å²) in [6.45, 7) is 9.42. The van der Waals surface area contributed by atoms with Crippen LogP contribution in [0.2, 0.25) is 0 Å². The molecule has 8 nitrogen and oxygen atoms in total. The van der Waals surface area contributed by atoms with E-state index in [1.165, 1.54) is 19.3 Å². The number of hydrogen-bond donors (Lipinski definition) is 3.